The van der Waals surface area contributed by atoms with Gasteiger partial charge < -0.3 is 4.79 Å². The van der Waals surface area contributed by atoms with E-state index < -0.39 is 11.6 Å². The highest BCUT2D eigenvalue weighted by Crippen LogP contribution is 2.25. The number of Topliss-reactive ketones (excluding diaryl/α,β-unsaturated/α-hetero) is 1. The second kappa shape index (κ2) is 5.73. The first-order valence-electron chi connectivity index (χ1n) is 5.45. The number of ketones is 1. The fraction of sp³-hybridized carbons (Fsp3) is 0.462. The molecule has 16 heavy (non-hydrogen) atoms. The highest BCUT2D eigenvalue weighted by Gasteiger charge is 2.13. The van der Waals surface area contributed by atoms with Crippen LogP contribution in [0.3, 0.4) is 0 Å². The monoisotopic (exact) mass is 226 g/mol. The van der Waals surface area contributed by atoms with Gasteiger partial charge in [-0.1, -0.05) is 19.1 Å². The van der Waals surface area contributed by atoms with Gasteiger partial charge in [0.1, 0.15) is 5.78 Å². The molecule has 0 saturated carbocycles. The zero-order valence-corrected chi connectivity index (χ0v) is 9.59. The smallest absolute Gasteiger partial charge is 0.162 e. The molecule has 1 aromatic carbocycles. The molecule has 88 valence electrons. The average molecular weight is 226 g/mol. The molecule has 0 aliphatic carbocycles. The molecule has 0 aliphatic heterocycles. The number of halogens is 2. The van der Waals surface area contributed by atoms with E-state index in [0.29, 0.717) is 24.8 Å². The van der Waals surface area contributed by atoms with E-state index in [4.69, 9.17) is 0 Å². The number of hydrogen-bond acceptors (Lipinski definition) is 1. The van der Waals surface area contributed by atoms with Crippen molar-refractivity contribution >= 4 is 5.78 Å². The predicted octanol–water partition coefficient (Wildman–Crippen LogP) is 3.83. The molecular weight excluding hydrogens is 210 g/mol. The van der Waals surface area contributed by atoms with Gasteiger partial charge in [-0.2, -0.15) is 0 Å². The van der Waals surface area contributed by atoms with Crippen LogP contribution in [0.15, 0.2) is 18.2 Å². The molecule has 0 aromatic heterocycles. The van der Waals surface area contributed by atoms with E-state index in [0.717, 1.165) is 6.07 Å². The van der Waals surface area contributed by atoms with Crippen LogP contribution in [0, 0.1) is 11.6 Å². The lowest BCUT2D eigenvalue weighted by atomic mass is 9.94. The summed E-state index contributed by atoms with van der Waals surface area (Å²) in [5.41, 5.74) is 0.392. The van der Waals surface area contributed by atoms with Gasteiger partial charge in [-0.25, -0.2) is 8.78 Å². The minimum Gasteiger partial charge on any atom is -0.300 e. The van der Waals surface area contributed by atoms with Crippen molar-refractivity contribution in [3.05, 3.63) is 35.4 Å². The predicted molar refractivity (Wildman–Crippen MR) is 59.3 cm³/mol. The average Bonchev–Trinajstić information content (AvgIpc) is 2.21. The molecule has 0 spiro atoms. The Morgan fingerprint density at radius 3 is 2.69 bits per heavy atom. The maximum absolute atomic E-state index is 13.4. The fourth-order valence-corrected chi connectivity index (χ4v) is 1.71. The highest BCUT2D eigenvalue weighted by atomic mass is 19.2. The molecule has 0 radical (unpaired) electrons. The van der Waals surface area contributed by atoms with E-state index in [-0.39, 0.29) is 11.7 Å². The van der Waals surface area contributed by atoms with Crippen LogP contribution >= 0.6 is 0 Å². The molecular formula is C13H16F2O. The number of rotatable bonds is 5. The molecule has 0 saturated heterocycles. The molecule has 0 fully saturated rings. The highest BCUT2D eigenvalue weighted by molar-refractivity contribution is 5.75. The minimum absolute atomic E-state index is 0.0601. The summed E-state index contributed by atoms with van der Waals surface area (Å²) in [6, 6.07) is 4.22. The van der Waals surface area contributed by atoms with Crippen LogP contribution in [-0.4, -0.2) is 5.78 Å². The first kappa shape index (κ1) is 12.8. The second-order valence-electron chi connectivity index (χ2n) is 4.14. The quantitative estimate of drug-likeness (QED) is 0.745. The molecule has 1 rings (SSSR count). The van der Waals surface area contributed by atoms with Gasteiger partial charge in [0.2, 0.25) is 0 Å². The van der Waals surface area contributed by atoms with Crippen molar-refractivity contribution in [2.45, 2.75) is 39.0 Å². The van der Waals surface area contributed by atoms with E-state index >= 15 is 0 Å². The number of hydrogen-bond donors (Lipinski definition) is 0. The van der Waals surface area contributed by atoms with Gasteiger partial charge in [-0.05, 0) is 37.3 Å². The Bertz CT molecular complexity index is 374. The van der Waals surface area contributed by atoms with E-state index in [1.165, 1.54) is 13.0 Å². The normalized spacial score (nSPS) is 12.5. The minimum atomic E-state index is -0.809. The fourth-order valence-electron chi connectivity index (χ4n) is 1.71. The molecule has 1 unspecified atom stereocenters. The van der Waals surface area contributed by atoms with E-state index in [1.54, 1.807) is 6.07 Å². The van der Waals surface area contributed by atoms with E-state index in [2.05, 4.69) is 0 Å². The Morgan fingerprint density at radius 1 is 1.38 bits per heavy atom. The Morgan fingerprint density at radius 2 is 2.06 bits per heavy atom. The van der Waals surface area contributed by atoms with Crippen LogP contribution in [0.1, 0.15) is 44.6 Å². The summed E-state index contributed by atoms with van der Waals surface area (Å²) < 4.78 is 26.4. The van der Waals surface area contributed by atoms with Gasteiger partial charge >= 0.3 is 0 Å². The molecule has 3 heteroatoms. The van der Waals surface area contributed by atoms with Gasteiger partial charge in [-0.15, -0.1) is 0 Å². The maximum Gasteiger partial charge on any atom is 0.162 e. The van der Waals surface area contributed by atoms with Gasteiger partial charge in [0, 0.05) is 6.42 Å². The maximum atomic E-state index is 13.4. The van der Waals surface area contributed by atoms with E-state index in [1.807, 2.05) is 6.92 Å². The Labute approximate surface area is 94.5 Å². The Kier molecular flexibility index (Phi) is 4.59. The van der Waals surface area contributed by atoms with Gasteiger partial charge in [-0.3, -0.25) is 0 Å². The number of benzene rings is 1. The van der Waals surface area contributed by atoms with Gasteiger partial charge in [0.05, 0.1) is 0 Å². The summed E-state index contributed by atoms with van der Waals surface area (Å²) in [4.78, 5) is 10.7. The van der Waals surface area contributed by atoms with Crippen molar-refractivity contribution in [1.82, 2.24) is 0 Å². The molecule has 0 N–H and O–H groups in total. The van der Waals surface area contributed by atoms with Crippen LogP contribution in [0.25, 0.3) is 0 Å². The second-order valence-corrected chi connectivity index (χ2v) is 4.14. The summed E-state index contributed by atoms with van der Waals surface area (Å²) in [7, 11) is 0. The summed E-state index contributed by atoms with van der Waals surface area (Å²) in [5.74, 6) is -1.50. The first-order valence-corrected chi connectivity index (χ1v) is 5.45. The lowest BCUT2D eigenvalue weighted by Crippen LogP contribution is -2.01. The third-order valence-electron chi connectivity index (χ3n) is 2.68. The summed E-state index contributed by atoms with van der Waals surface area (Å²) in [5, 5.41) is 0. The largest absolute Gasteiger partial charge is 0.300 e. The van der Waals surface area contributed by atoms with Crippen molar-refractivity contribution < 1.29 is 13.6 Å². The third-order valence-corrected chi connectivity index (χ3v) is 2.68. The lowest BCUT2D eigenvalue weighted by Gasteiger charge is -2.12. The molecule has 1 atom stereocenters. The molecule has 1 aromatic rings. The molecule has 0 heterocycles. The third kappa shape index (κ3) is 3.40. The summed E-state index contributed by atoms with van der Waals surface area (Å²) >= 11 is 0. The van der Waals surface area contributed by atoms with Crippen molar-refractivity contribution in [2.24, 2.45) is 0 Å². The Hall–Kier alpha value is -1.25. The van der Waals surface area contributed by atoms with Crippen molar-refractivity contribution in [3.63, 3.8) is 0 Å². The van der Waals surface area contributed by atoms with Crippen LogP contribution in [0.2, 0.25) is 0 Å². The summed E-state index contributed by atoms with van der Waals surface area (Å²) in [6.07, 6.45) is 1.91. The van der Waals surface area contributed by atoms with E-state index in [9.17, 15) is 13.6 Å². The van der Waals surface area contributed by atoms with Crippen molar-refractivity contribution in [3.8, 4) is 0 Å². The van der Waals surface area contributed by atoms with Gasteiger partial charge in [0.15, 0.2) is 11.6 Å². The first-order chi connectivity index (χ1) is 7.52. The number of carbonyl (C=O) groups excluding carboxylic acids is 1. The van der Waals surface area contributed by atoms with Crippen molar-refractivity contribution in [1.29, 1.82) is 0 Å². The zero-order chi connectivity index (χ0) is 12.1. The summed E-state index contributed by atoms with van der Waals surface area (Å²) in [6.45, 7) is 3.38. The van der Waals surface area contributed by atoms with Crippen LogP contribution in [0.4, 0.5) is 8.78 Å². The molecule has 0 amide bonds. The molecule has 0 aliphatic rings. The zero-order valence-electron chi connectivity index (χ0n) is 9.59. The lowest BCUT2D eigenvalue weighted by molar-refractivity contribution is -0.117. The number of carbonyl (C=O) groups is 1. The SMILES string of the molecule is CC(=O)CCCC(C)c1cccc(F)c1F. The van der Waals surface area contributed by atoms with Crippen LogP contribution in [0.5, 0.6) is 0 Å². The van der Waals surface area contributed by atoms with Crippen LogP contribution < -0.4 is 0 Å². The standard InChI is InChI=1S/C13H16F2O/c1-9(5-3-6-10(2)16)11-7-4-8-12(14)13(11)15/h4,7-9H,3,5-6H2,1-2H3. The van der Waals surface area contributed by atoms with Crippen molar-refractivity contribution in [2.75, 3.05) is 0 Å². The molecule has 1 nitrogen and oxygen atoms in total. The topological polar surface area (TPSA) is 17.1 Å². The molecule has 0 bridgehead atoms. The van der Waals surface area contributed by atoms with Gasteiger partial charge in [0.25, 0.3) is 0 Å². The van der Waals surface area contributed by atoms with Crippen LogP contribution in [-0.2, 0) is 4.79 Å². The Balaban J connectivity index is 2.62.